The number of terminal acetylenes is 1. The largest absolute Gasteiger partial charge is 0.367 e. The maximum atomic E-state index is 12.6. The van der Waals surface area contributed by atoms with Gasteiger partial charge in [0.05, 0.1) is 24.2 Å². The van der Waals surface area contributed by atoms with Gasteiger partial charge in [-0.05, 0) is 45.7 Å². The van der Waals surface area contributed by atoms with Crippen molar-refractivity contribution in [2.24, 2.45) is 0 Å². The zero-order valence-corrected chi connectivity index (χ0v) is 15.9. The molecule has 2 N–H and O–H groups in total. The van der Waals surface area contributed by atoms with E-state index in [1.54, 1.807) is 12.1 Å². The van der Waals surface area contributed by atoms with E-state index < -0.39 is 11.6 Å². The number of aryl methyl sites for hydroxylation is 1. The van der Waals surface area contributed by atoms with Crippen LogP contribution in [0, 0.1) is 41.9 Å². The van der Waals surface area contributed by atoms with Crippen molar-refractivity contribution in [3.05, 3.63) is 23.4 Å². The normalized spacial score (nSPS) is 19.0. The number of pyridine rings is 1. The van der Waals surface area contributed by atoms with Gasteiger partial charge >= 0.3 is 0 Å². The van der Waals surface area contributed by atoms with E-state index in [-0.39, 0.29) is 18.5 Å². The first-order chi connectivity index (χ1) is 12.8. The van der Waals surface area contributed by atoms with Crippen LogP contribution in [0.15, 0.2) is 12.1 Å². The molecule has 0 saturated carbocycles. The smallest absolute Gasteiger partial charge is 0.238 e. The third-order valence-electron chi connectivity index (χ3n) is 4.59. The number of rotatable bonds is 6. The third-order valence-corrected chi connectivity index (χ3v) is 4.59. The second kappa shape index (κ2) is 8.54. The maximum Gasteiger partial charge on any atom is 0.238 e. The van der Waals surface area contributed by atoms with Crippen LogP contribution < -0.4 is 10.6 Å². The SMILES string of the molecule is C#CC1CCC(C#N)N1C(=O)CNC(C)(C)CNc1nc(C)ccc1C#N. The minimum absolute atomic E-state index is 0.0807. The summed E-state index contributed by atoms with van der Waals surface area (Å²) in [4.78, 5) is 18.4. The van der Waals surface area contributed by atoms with Gasteiger partial charge in [-0.25, -0.2) is 4.98 Å². The van der Waals surface area contributed by atoms with Crippen LogP contribution in [0.5, 0.6) is 0 Å². The molecule has 0 spiro atoms. The molecule has 0 bridgehead atoms. The Morgan fingerprint density at radius 1 is 1.37 bits per heavy atom. The Bertz CT molecular complexity index is 804. The van der Waals surface area contributed by atoms with Crippen LogP contribution in [0.4, 0.5) is 5.82 Å². The summed E-state index contributed by atoms with van der Waals surface area (Å²) in [5.41, 5.74) is 0.842. The molecular formula is C20H24N6O. The molecule has 140 valence electrons. The maximum absolute atomic E-state index is 12.6. The van der Waals surface area contributed by atoms with E-state index in [9.17, 15) is 15.3 Å². The lowest BCUT2D eigenvalue weighted by Crippen LogP contribution is -2.52. The number of nitrogens with zero attached hydrogens (tertiary/aromatic N) is 4. The van der Waals surface area contributed by atoms with Crippen molar-refractivity contribution >= 4 is 11.7 Å². The fraction of sp³-hybridized carbons (Fsp3) is 0.500. The lowest BCUT2D eigenvalue weighted by Gasteiger charge is -2.30. The molecule has 1 aromatic rings. The van der Waals surface area contributed by atoms with Gasteiger partial charge in [0.2, 0.25) is 5.91 Å². The van der Waals surface area contributed by atoms with Crippen molar-refractivity contribution in [1.29, 1.82) is 10.5 Å². The fourth-order valence-corrected chi connectivity index (χ4v) is 3.00. The van der Waals surface area contributed by atoms with Gasteiger partial charge in [0.15, 0.2) is 0 Å². The number of likely N-dealkylation sites (tertiary alicyclic amines) is 1. The van der Waals surface area contributed by atoms with Crippen LogP contribution in [0.2, 0.25) is 0 Å². The van der Waals surface area contributed by atoms with Crippen molar-refractivity contribution < 1.29 is 4.79 Å². The number of hydrogen-bond acceptors (Lipinski definition) is 6. The fourth-order valence-electron chi connectivity index (χ4n) is 3.00. The molecule has 2 rings (SSSR count). The van der Waals surface area contributed by atoms with Gasteiger partial charge in [-0.1, -0.05) is 5.92 Å². The summed E-state index contributed by atoms with van der Waals surface area (Å²) in [5.74, 6) is 2.94. The molecule has 1 fully saturated rings. The number of carbonyl (C=O) groups excluding carboxylic acids is 1. The summed E-state index contributed by atoms with van der Waals surface area (Å²) in [7, 11) is 0. The molecule has 27 heavy (non-hydrogen) atoms. The zero-order chi connectivity index (χ0) is 20.0. The van der Waals surface area contributed by atoms with Gasteiger partial charge in [-0.15, -0.1) is 6.42 Å². The van der Waals surface area contributed by atoms with Crippen molar-refractivity contribution in [1.82, 2.24) is 15.2 Å². The van der Waals surface area contributed by atoms with E-state index in [1.807, 2.05) is 20.8 Å². The van der Waals surface area contributed by atoms with Gasteiger partial charge in [0, 0.05) is 17.8 Å². The first-order valence-corrected chi connectivity index (χ1v) is 8.85. The number of hydrogen-bond donors (Lipinski definition) is 2. The van der Waals surface area contributed by atoms with Crippen LogP contribution in [-0.2, 0) is 4.79 Å². The molecule has 0 radical (unpaired) electrons. The molecule has 1 aliphatic rings. The lowest BCUT2D eigenvalue weighted by molar-refractivity contribution is -0.131. The number of carbonyl (C=O) groups is 1. The lowest BCUT2D eigenvalue weighted by atomic mass is 10.1. The van der Waals surface area contributed by atoms with E-state index in [0.29, 0.717) is 30.8 Å². The summed E-state index contributed by atoms with van der Waals surface area (Å²) in [6.07, 6.45) is 6.76. The van der Waals surface area contributed by atoms with Crippen LogP contribution in [0.25, 0.3) is 0 Å². The zero-order valence-electron chi connectivity index (χ0n) is 15.9. The molecule has 1 aliphatic heterocycles. The highest BCUT2D eigenvalue weighted by Gasteiger charge is 2.36. The Morgan fingerprint density at radius 3 is 2.70 bits per heavy atom. The molecule has 1 amide bonds. The summed E-state index contributed by atoms with van der Waals surface area (Å²) >= 11 is 0. The minimum Gasteiger partial charge on any atom is -0.367 e. The van der Waals surface area contributed by atoms with Gasteiger partial charge in [-0.3, -0.25) is 4.79 Å². The molecule has 0 aromatic carbocycles. The predicted octanol–water partition coefficient (Wildman–Crippen LogP) is 1.56. The van der Waals surface area contributed by atoms with Gasteiger partial charge in [0.1, 0.15) is 17.9 Å². The second-order valence-corrected chi connectivity index (χ2v) is 7.26. The van der Waals surface area contributed by atoms with Crippen LogP contribution >= 0.6 is 0 Å². The number of anilines is 1. The summed E-state index contributed by atoms with van der Waals surface area (Å²) in [6.45, 7) is 6.29. The van der Waals surface area contributed by atoms with Crippen LogP contribution in [0.3, 0.4) is 0 Å². The Kier molecular flexibility index (Phi) is 6.40. The molecule has 2 atom stereocenters. The summed E-state index contributed by atoms with van der Waals surface area (Å²) in [5, 5.41) is 24.8. The van der Waals surface area contributed by atoms with E-state index in [1.165, 1.54) is 4.90 Å². The molecule has 7 nitrogen and oxygen atoms in total. The number of nitrogens with one attached hydrogen (secondary N) is 2. The Hall–Kier alpha value is -3.08. The van der Waals surface area contributed by atoms with E-state index >= 15 is 0 Å². The minimum atomic E-state index is -0.462. The van der Waals surface area contributed by atoms with E-state index in [4.69, 9.17) is 6.42 Å². The van der Waals surface area contributed by atoms with Gasteiger partial charge in [-0.2, -0.15) is 10.5 Å². The molecule has 1 aromatic heterocycles. The van der Waals surface area contributed by atoms with E-state index in [0.717, 1.165) is 5.69 Å². The average Bonchev–Trinajstić information content (AvgIpc) is 3.08. The molecule has 1 saturated heterocycles. The second-order valence-electron chi connectivity index (χ2n) is 7.26. The van der Waals surface area contributed by atoms with Gasteiger partial charge in [0.25, 0.3) is 0 Å². The number of aromatic nitrogens is 1. The Morgan fingerprint density at radius 2 is 2.07 bits per heavy atom. The summed E-state index contributed by atoms with van der Waals surface area (Å²) in [6, 6.07) is 7.00. The van der Waals surface area contributed by atoms with Gasteiger partial charge < -0.3 is 15.5 Å². The summed E-state index contributed by atoms with van der Waals surface area (Å²) < 4.78 is 0. The first-order valence-electron chi connectivity index (χ1n) is 8.85. The molecule has 0 aliphatic carbocycles. The monoisotopic (exact) mass is 364 g/mol. The Labute approximate surface area is 160 Å². The highest BCUT2D eigenvalue weighted by atomic mass is 16.2. The highest BCUT2D eigenvalue weighted by molar-refractivity contribution is 5.80. The van der Waals surface area contributed by atoms with Crippen molar-refractivity contribution in [3.63, 3.8) is 0 Å². The van der Waals surface area contributed by atoms with E-state index in [2.05, 4.69) is 33.7 Å². The molecule has 7 heteroatoms. The van der Waals surface area contributed by atoms with Crippen molar-refractivity contribution in [3.8, 4) is 24.5 Å². The van der Waals surface area contributed by atoms with Crippen LogP contribution in [-0.4, -0.2) is 46.5 Å². The van der Waals surface area contributed by atoms with Crippen molar-refractivity contribution in [2.45, 2.75) is 51.2 Å². The number of amides is 1. The quantitative estimate of drug-likeness (QED) is 0.742. The first kappa shape index (κ1) is 20.2. The standard InChI is InChI=1S/C20H24N6O/c1-5-16-8-9-17(11-22)26(16)18(27)12-24-20(3,4)13-23-19-15(10-21)7-6-14(2)25-19/h1,6-7,16-17,24H,8-9,12-13H2,2-4H3,(H,23,25). The average molecular weight is 364 g/mol. The molecule has 2 heterocycles. The number of nitriles is 2. The van der Waals surface area contributed by atoms with Crippen molar-refractivity contribution in [2.75, 3.05) is 18.4 Å². The Balaban J connectivity index is 1.96. The topological polar surface area (TPSA) is 105 Å². The third kappa shape index (κ3) is 4.97. The predicted molar refractivity (Wildman–Crippen MR) is 102 cm³/mol. The van der Waals surface area contributed by atoms with Crippen LogP contribution in [0.1, 0.15) is 37.9 Å². The molecular weight excluding hydrogens is 340 g/mol. The highest BCUT2D eigenvalue weighted by Crippen LogP contribution is 2.23. The molecule has 2 unspecified atom stereocenters.